The number of rotatable bonds is 3. The van der Waals surface area contributed by atoms with E-state index in [4.69, 9.17) is 9.84 Å². The number of carbonyl (C=O) groups excluding carboxylic acids is 1. The van der Waals surface area contributed by atoms with E-state index in [1.165, 1.54) is 23.9 Å². The van der Waals surface area contributed by atoms with Gasteiger partial charge in [0.15, 0.2) is 0 Å². The predicted molar refractivity (Wildman–Crippen MR) is 64.4 cm³/mol. The van der Waals surface area contributed by atoms with Crippen molar-refractivity contribution in [2.45, 2.75) is 39.3 Å². The predicted octanol–water partition coefficient (Wildman–Crippen LogP) is 1.88. The first-order valence-corrected chi connectivity index (χ1v) is 5.47. The van der Waals surface area contributed by atoms with E-state index in [2.05, 4.69) is 10.4 Å². The van der Waals surface area contributed by atoms with Gasteiger partial charge in [-0.3, -0.25) is 5.32 Å². The van der Waals surface area contributed by atoms with Crippen LogP contribution in [0.4, 0.5) is 10.6 Å². The lowest BCUT2D eigenvalue weighted by molar-refractivity contribution is -0.140. The number of amides is 1. The number of ether oxygens (including phenoxy) is 1. The van der Waals surface area contributed by atoms with Crippen molar-refractivity contribution in [2.75, 3.05) is 5.32 Å². The molecule has 1 aromatic rings. The van der Waals surface area contributed by atoms with Gasteiger partial charge in [-0.15, -0.1) is 0 Å². The minimum atomic E-state index is -1.04. The molecule has 1 unspecified atom stereocenters. The van der Waals surface area contributed by atoms with Crippen LogP contribution < -0.4 is 5.32 Å². The minimum absolute atomic E-state index is 0.277. The zero-order valence-electron chi connectivity index (χ0n) is 10.8. The summed E-state index contributed by atoms with van der Waals surface area (Å²) < 4.78 is 6.27. The minimum Gasteiger partial charge on any atom is -0.480 e. The first-order valence-electron chi connectivity index (χ1n) is 5.47. The average molecular weight is 255 g/mol. The number of carboxylic acid groups (broad SMARTS) is 1. The molecule has 0 spiro atoms. The van der Waals surface area contributed by atoms with Crippen LogP contribution in [0.15, 0.2) is 12.3 Å². The lowest BCUT2D eigenvalue weighted by atomic mass is 10.2. The lowest BCUT2D eigenvalue weighted by Gasteiger charge is -2.20. The van der Waals surface area contributed by atoms with Gasteiger partial charge in [0.25, 0.3) is 0 Å². The normalized spacial score (nSPS) is 12.9. The Hall–Kier alpha value is -2.05. The first-order chi connectivity index (χ1) is 8.20. The number of carboxylic acids is 1. The van der Waals surface area contributed by atoms with E-state index in [9.17, 15) is 9.59 Å². The maximum atomic E-state index is 11.5. The van der Waals surface area contributed by atoms with Crippen LogP contribution in [-0.4, -0.2) is 32.6 Å². The van der Waals surface area contributed by atoms with Crippen LogP contribution in [0, 0.1) is 0 Å². The summed E-state index contributed by atoms with van der Waals surface area (Å²) in [5.74, 6) is -0.759. The Morgan fingerprint density at radius 2 is 2.11 bits per heavy atom. The number of aromatic nitrogens is 2. The summed E-state index contributed by atoms with van der Waals surface area (Å²) in [6.07, 6.45) is 0.758. The van der Waals surface area contributed by atoms with E-state index >= 15 is 0 Å². The molecular formula is C11H17N3O4. The van der Waals surface area contributed by atoms with Gasteiger partial charge in [-0.1, -0.05) is 0 Å². The monoisotopic (exact) mass is 255 g/mol. The summed E-state index contributed by atoms with van der Waals surface area (Å²) in [5, 5.41) is 15.2. The molecule has 1 amide bonds. The molecule has 0 aliphatic carbocycles. The third-order valence-corrected chi connectivity index (χ3v) is 2.02. The molecule has 7 heteroatoms. The number of nitrogens with zero attached hydrogens (tertiary/aromatic N) is 2. The Kier molecular flexibility index (Phi) is 3.95. The highest BCUT2D eigenvalue weighted by molar-refractivity contribution is 5.84. The SMILES string of the molecule is CC(C(=O)O)n1nccc1NC(=O)OC(C)(C)C. The molecule has 0 aliphatic rings. The fourth-order valence-corrected chi connectivity index (χ4v) is 1.23. The molecule has 1 rings (SSSR count). The molecule has 100 valence electrons. The summed E-state index contributed by atoms with van der Waals surface area (Å²) in [6, 6.07) is 0.633. The van der Waals surface area contributed by atoms with Crippen LogP contribution in [0.2, 0.25) is 0 Å². The molecule has 18 heavy (non-hydrogen) atoms. The molecular weight excluding hydrogens is 238 g/mol. The molecule has 1 atom stereocenters. The van der Waals surface area contributed by atoms with E-state index in [0.29, 0.717) is 0 Å². The van der Waals surface area contributed by atoms with Crippen LogP contribution >= 0.6 is 0 Å². The number of hydrogen-bond acceptors (Lipinski definition) is 4. The van der Waals surface area contributed by atoms with Gasteiger partial charge >= 0.3 is 12.1 Å². The third kappa shape index (κ3) is 3.76. The van der Waals surface area contributed by atoms with Gasteiger partial charge in [0.2, 0.25) is 0 Å². The molecule has 0 radical (unpaired) electrons. The summed E-state index contributed by atoms with van der Waals surface area (Å²) in [4.78, 5) is 22.4. The van der Waals surface area contributed by atoms with Crippen molar-refractivity contribution in [1.29, 1.82) is 0 Å². The van der Waals surface area contributed by atoms with Crippen LogP contribution in [0.25, 0.3) is 0 Å². The van der Waals surface area contributed by atoms with Gasteiger partial charge in [-0.05, 0) is 27.7 Å². The molecule has 2 N–H and O–H groups in total. The van der Waals surface area contributed by atoms with Crippen molar-refractivity contribution >= 4 is 17.9 Å². The summed E-state index contributed by atoms with van der Waals surface area (Å²) >= 11 is 0. The Bertz CT molecular complexity index is 447. The van der Waals surface area contributed by atoms with E-state index in [0.717, 1.165) is 0 Å². The second-order valence-electron chi connectivity index (χ2n) is 4.80. The number of carbonyl (C=O) groups is 2. The molecule has 7 nitrogen and oxygen atoms in total. The van der Waals surface area contributed by atoms with Gasteiger partial charge in [0.1, 0.15) is 17.5 Å². The molecule has 0 fully saturated rings. The number of hydrogen-bond donors (Lipinski definition) is 2. The molecule has 0 saturated carbocycles. The van der Waals surface area contributed by atoms with Gasteiger partial charge in [-0.2, -0.15) is 5.10 Å². The highest BCUT2D eigenvalue weighted by atomic mass is 16.6. The van der Waals surface area contributed by atoms with Crippen LogP contribution in [0.5, 0.6) is 0 Å². The van der Waals surface area contributed by atoms with Crippen molar-refractivity contribution in [2.24, 2.45) is 0 Å². The third-order valence-electron chi connectivity index (χ3n) is 2.02. The van der Waals surface area contributed by atoms with Crippen LogP contribution in [0.3, 0.4) is 0 Å². The van der Waals surface area contributed by atoms with E-state index < -0.39 is 23.7 Å². The maximum Gasteiger partial charge on any atom is 0.413 e. The Morgan fingerprint density at radius 3 is 2.61 bits per heavy atom. The maximum absolute atomic E-state index is 11.5. The smallest absolute Gasteiger partial charge is 0.413 e. The quantitative estimate of drug-likeness (QED) is 0.860. The second-order valence-corrected chi connectivity index (χ2v) is 4.80. The zero-order chi connectivity index (χ0) is 13.9. The molecule has 0 saturated heterocycles. The van der Waals surface area contributed by atoms with E-state index in [1.54, 1.807) is 20.8 Å². The molecule has 1 heterocycles. The van der Waals surface area contributed by atoms with Gasteiger partial charge < -0.3 is 9.84 Å². The van der Waals surface area contributed by atoms with Gasteiger partial charge in [0.05, 0.1) is 6.20 Å². The van der Waals surface area contributed by atoms with Crippen molar-refractivity contribution in [1.82, 2.24) is 9.78 Å². The van der Waals surface area contributed by atoms with E-state index in [-0.39, 0.29) is 5.82 Å². The summed E-state index contributed by atoms with van der Waals surface area (Å²) in [7, 11) is 0. The largest absolute Gasteiger partial charge is 0.480 e. The van der Waals surface area contributed by atoms with Crippen LogP contribution in [-0.2, 0) is 9.53 Å². The average Bonchev–Trinajstić information content (AvgIpc) is 2.61. The van der Waals surface area contributed by atoms with Crippen LogP contribution in [0.1, 0.15) is 33.7 Å². The van der Waals surface area contributed by atoms with Crippen molar-refractivity contribution in [3.05, 3.63) is 12.3 Å². The fourth-order valence-electron chi connectivity index (χ4n) is 1.23. The highest BCUT2D eigenvalue weighted by Crippen LogP contribution is 2.15. The van der Waals surface area contributed by atoms with Gasteiger partial charge in [-0.25, -0.2) is 14.3 Å². The first kappa shape index (κ1) is 14.0. The zero-order valence-corrected chi connectivity index (χ0v) is 10.8. The lowest BCUT2D eigenvalue weighted by Crippen LogP contribution is -2.29. The second kappa shape index (κ2) is 5.07. The Labute approximate surface area is 105 Å². The van der Waals surface area contributed by atoms with Gasteiger partial charge in [0, 0.05) is 6.07 Å². The van der Waals surface area contributed by atoms with Crippen molar-refractivity contribution < 1.29 is 19.4 Å². The number of aliphatic carboxylic acids is 1. The number of nitrogens with one attached hydrogen (secondary N) is 1. The standard InChI is InChI=1S/C11H17N3O4/c1-7(9(15)16)14-8(5-6-12-14)13-10(17)18-11(2,3)4/h5-7H,1-4H3,(H,13,17)(H,15,16). The fraction of sp³-hybridized carbons (Fsp3) is 0.545. The topological polar surface area (TPSA) is 93.5 Å². The summed E-state index contributed by atoms with van der Waals surface area (Å²) in [6.45, 7) is 6.69. The Balaban J connectivity index is 2.77. The van der Waals surface area contributed by atoms with Crippen molar-refractivity contribution in [3.63, 3.8) is 0 Å². The summed E-state index contributed by atoms with van der Waals surface area (Å²) in [5.41, 5.74) is -0.618. The Morgan fingerprint density at radius 1 is 1.50 bits per heavy atom. The van der Waals surface area contributed by atoms with E-state index in [1.807, 2.05) is 0 Å². The molecule has 0 bridgehead atoms. The molecule has 0 aromatic carbocycles. The molecule has 1 aromatic heterocycles. The highest BCUT2D eigenvalue weighted by Gasteiger charge is 2.21. The van der Waals surface area contributed by atoms with Crippen molar-refractivity contribution in [3.8, 4) is 0 Å². The number of anilines is 1. The molecule has 0 aliphatic heterocycles.